The lowest BCUT2D eigenvalue weighted by Gasteiger charge is -2.37. The number of benzene rings is 2. The number of allylic oxidation sites excluding steroid dienone is 1. The van der Waals surface area contributed by atoms with E-state index < -0.39 is 11.6 Å². The van der Waals surface area contributed by atoms with E-state index in [-0.39, 0.29) is 0 Å². The van der Waals surface area contributed by atoms with E-state index >= 15 is 0 Å². The van der Waals surface area contributed by atoms with Crippen molar-refractivity contribution in [3.05, 3.63) is 59.7 Å². The molecule has 2 saturated carbocycles. The fourth-order valence-corrected chi connectivity index (χ4v) is 5.88. The molecule has 0 bridgehead atoms. The lowest BCUT2D eigenvalue weighted by Crippen LogP contribution is -2.25. The first-order valence-electron chi connectivity index (χ1n) is 11.6. The zero-order valence-electron chi connectivity index (χ0n) is 17.7. The smallest absolute Gasteiger partial charge is 0.166 e. The van der Waals surface area contributed by atoms with Crippen LogP contribution in [-0.4, -0.2) is 0 Å². The van der Waals surface area contributed by atoms with Gasteiger partial charge < -0.3 is 0 Å². The quantitative estimate of drug-likeness (QED) is 0.446. The van der Waals surface area contributed by atoms with Gasteiger partial charge in [0.15, 0.2) is 11.6 Å². The predicted molar refractivity (Wildman–Crippen MR) is 118 cm³/mol. The average molecular weight is 397 g/mol. The Bertz CT molecular complexity index is 852. The standard InChI is InChI=1S/C27H34F2/c1-3-5-24-16-23-15-14-22(17-25(23)27(29)26(24)28)21-12-10-20(11-13-21)19-8-6-18(4-2)7-9-19/h4,14-21H,2-3,5-13H2,1H3. The summed E-state index contributed by atoms with van der Waals surface area (Å²) in [5.74, 6) is 1.62. The molecule has 2 aliphatic carbocycles. The van der Waals surface area contributed by atoms with Gasteiger partial charge in [-0.15, -0.1) is 6.58 Å². The van der Waals surface area contributed by atoms with E-state index in [0.717, 1.165) is 29.6 Å². The highest BCUT2D eigenvalue weighted by Gasteiger charge is 2.30. The third-order valence-electron chi connectivity index (χ3n) is 7.70. The van der Waals surface area contributed by atoms with Crippen LogP contribution in [0.2, 0.25) is 0 Å². The van der Waals surface area contributed by atoms with Crippen LogP contribution in [0.1, 0.15) is 81.8 Å². The number of aryl methyl sites for hydroxylation is 1. The highest BCUT2D eigenvalue weighted by Crippen LogP contribution is 2.44. The van der Waals surface area contributed by atoms with Crippen molar-refractivity contribution in [1.29, 1.82) is 0 Å². The summed E-state index contributed by atoms with van der Waals surface area (Å²) in [5, 5.41) is 1.27. The minimum absolute atomic E-state index is 0.449. The second-order valence-electron chi connectivity index (χ2n) is 9.42. The lowest BCUT2D eigenvalue weighted by atomic mass is 9.68. The van der Waals surface area contributed by atoms with Gasteiger partial charge in [-0.3, -0.25) is 0 Å². The fourth-order valence-electron chi connectivity index (χ4n) is 5.88. The summed E-state index contributed by atoms with van der Waals surface area (Å²) in [5.41, 5.74) is 1.68. The Morgan fingerprint density at radius 1 is 0.897 bits per heavy atom. The van der Waals surface area contributed by atoms with E-state index in [4.69, 9.17) is 0 Å². The van der Waals surface area contributed by atoms with Gasteiger partial charge in [0.1, 0.15) is 0 Å². The zero-order chi connectivity index (χ0) is 20.4. The van der Waals surface area contributed by atoms with Gasteiger partial charge in [-0.05, 0) is 110 Å². The van der Waals surface area contributed by atoms with Crippen LogP contribution in [0, 0.1) is 29.4 Å². The molecule has 0 spiro atoms. The van der Waals surface area contributed by atoms with Crippen LogP contribution in [0.15, 0.2) is 36.9 Å². The number of rotatable bonds is 5. The molecule has 2 fully saturated rings. The van der Waals surface area contributed by atoms with Crippen molar-refractivity contribution in [2.45, 2.75) is 77.0 Å². The molecule has 2 aromatic carbocycles. The second kappa shape index (κ2) is 8.98. The van der Waals surface area contributed by atoms with E-state index in [0.29, 0.717) is 23.3 Å². The zero-order valence-corrected chi connectivity index (χ0v) is 17.7. The largest absolute Gasteiger partial charge is 0.203 e. The Hall–Kier alpha value is -1.70. The summed E-state index contributed by atoms with van der Waals surface area (Å²) in [4.78, 5) is 0. The Labute approximate surface area is 174 Å². The maximum atomic E-state index is 14.7. The van der Waals surface area contributed by atoms with E-state index in [1.54, 1.807) is 0 Å². The summed E-state index contributed by atoms with van der Waals surface area (Å²) in [6.45, 7) is 5.95. The van der Waals surface area contributed by atoms with Crippen molar-refractivity contribution in [2.75, 3.05) is 0 Å². The highest BCUT2D eigenvalue weighted by molar-refractivity contribution is 5.85. The van der Waals surface area contributed by atoms with E-state index in [1.807, 2.05) is 25.1 Å². The number of halogens is 2. The molecule has 2 aliphatic rings. The van der Waals surface area contributed by atoms with Crippen LogP contribution < -0.4 is 0 Å². The minimum Gasteiger partial charge on any atom is -0.203 e. The van der Waals surface area contributed by atoms with Crippen LogP contribution in [0.3, 0.4) is 0 Å². The molecule has 2 heteroatoms. The van der Waals surface area contributed by atoms with Crippen molar-refractivity contribution in [1.82, 2.24) is 0 Å². The number of hydrogen-bond acceptors (Lipinski definition) is 0. The van der Waals surface area contributed by atoms with Gasteiger partial charge >= 0.3 is 0 Å². The molecule has 0 radical (unpaired) electrons. The molecule has 0 amide bonds. The Kier molecular flexibility index (Phi) is 6.37. The minimum atomic E-state index is -0.666. The van der Waals surface area contributed by atoms with Crippen molar-refractivity contribution in [2.24, 2.45) is 17.8 Å². The molecule has 0 nitrogen and oxygen atoms in total. The molecule has 0 heterocycles. The van der Waals surface area contributed by atoms with Gasteiger partial charge in [0, 0.05) is 5.39 Å². The van der Waals surface area contributed by atoms with Crippen molar-refractivity contribution in [3.8, 4) is 0 Å². The predicted octanol–water partition coefficient (Wildman–Crippen LogP) is 8.34. The molecule has 0 saturated heterocycles. The van der Waals surface area contributed by atoms with Crippen LogP contribution in [-0.2, 0) is 6.42 Å². The maximum Gasteiger partial charge on any atom is 0.166 e. The van der Waals surface area contributed by atoms with Crippen molar-refractivity contribution in [3.63, 3.8) is 0 Å². The fraction of sp³-hybridized carbons (Fsp3) is 0.556. The molecule has 0 atom stereocenters. The summed E-state index contributed by atoms with van der Waals surface area (Å²) < 4.78 is 29.1. The molecule has 0 unspecified atom stereocenters. The van der Waals surface area contributed by atoms with Gasteiger partial charge in [-0.1, -0.05) is 31.6 Å². The first kappa shape index (κ1) is 20.6. The Morgan fingerprint density at radius 2 is 1.55 bits per heavy atom. The van der Waals surface area contributed by atoms with Crippen LogP contribution in [0.25, 0.3) is 10.8 Å². The van der Waals surface area contributed by atoms with Gasteiger partial charge in [0.05, 0.1) is 0 Å². The normalized spacial score (nSPS) is 27.8. The van der Waals surface area contributed by atoms with Gasteiger partial charge in [0.2, 0.25) is 0 Å². The van der Waals surface area contributed by atoms with E-state index in [1.165, 1.54) is 56.9 Å². The van der Waals surface area contributed by atoms with E-state index in [9.17, 15) is 8.78 Å². The number of hydrogen-bond donors (Lipinski definition) is 0. The van der Waals surface area contributed by atoms with Crippen LogP contribution in [0.4, 0.5) is 8.78 Å². The first-order valence-corrected chi connectivity index (χ1v) is 11.6. The molecule has 0 aliphatic heterocycles. The number of fused-ring (bicyclic) bond motifs is 1. The third kappa shape index (κ3) is 4.27. The summed E-state index contributed by atoms with van der Waals surface area (Å²) >= 11 is 0. The van der Waals surface area contributed by atoms with Gasteiger partial charge in [-0.2, -0.15) is 0 Å². The molecule has 29 heavy (non-hydrogen) atoms. The molecule has 156 valence electrons. The van der Waals surface area contributed by atoms with Crippen LogP contribution >= 0.6 is 0 Å². The molecule has 4 rings (SSSR count). The van der Waals surface area contributed by atoms with Crippen molar-refractivity contribution >= 4 is 10.8 Å². The summed E-state index contributed by atoms with van der Waals surface area (Å²) in [6.07, 6.45) is 13.8. The van der Waals surface area contributed by atoms with Gasteiger partial charge in [-0.25, -0.2) is 8.78 Å². The molecule has 2 aromatic rings. The molecule has 0 aromatic heterocycles. The molecular formula is C27H34F2. The third-order valence-corrected chi connectivity index (χ3v) is 7.70. The molecular weight excluding hydrogens is 362 g/mol. The SMILES string of the molecule is C=CC1CCC(C2CCC(c3ccc4cc(CCC)c(F)c(F)c4c3)CC2)CC1. The maximum absolute atomic E-state index is 14.7. The Balaban J connectivity index is 1.45. The summed E-state index contributed by atoms with van der Waals surface area (Å²) in [7, 11) is 0. The van der Waals surface area contributed by atoms with Gasteiger partial charge in [0.25, 0.3) is 0 Å². The topological polar surface area (TPSA) is 0 Å². The average Bonchev–Trinajstić information content (AvgIpc) is 2.77. The Morgan fingerprint density at radius 3 is 2.17 bits per heavy atom. The highest BCUT2D eigenvalue weighted by atomic mass is 19.2. The van der Waals surface area contributed by atoms with Crippen LogP contribution in [0.5, 0.6) is 0 Å². The second-order valence-corrected chi connectivity index (χ2v) is 9.42. The molecule has 0 N–H and O–H groups in total. The first-order chi connectivity index (χ1) is 14.1. The van der Waals surface area contributed by atoms with E-state index in [2.05, 4.69) is 18.7 Å². The monoisotopic (exact) mass is 396 g/mol. The summed E-state index contributed by atoms with van der Waals surface area (Å²) in [6, 6.07) is 7.89. The van der Waals surface area contributed by atoms with Crippen molar-refractivity contribution < 1.29 is 8.78 Å². The lowest BCUT2D eigenvalue weighted by molar-refractivity contribution is 0.171.